The smallest absolute Gasteiger partial charge is 0.163 e. The molecule has 0 radical (unpaired) electrons. The maximum absolute atomic E-state index is 6.10. The highest BCUT2D eigenvalue weighted by atomic mass is 16.8. The molecule has 2 atom stereocenters. The van der Waals surface area contributed by atoms with Gasteiger partial charge in [-0.3, -0.25) is 0 Å². The van der Waals surface area contributed by atoms with Crippen LogP contribution in [0.1, 0.15) is 46.0 Å². The highest BCUT2D eigenvalue weighted by Gasteiger charge is 2.74. The zero-order valence-electron chi connectivity index (χ0n) is 9.01. The van der Waals surface area contributed by atoms with Crippen LogP contribution in [0, 0.1) is 10.8 Å². The zero-order chi connectivity index (χ0) is 9.60. The van der Waals surface area contributed by atoms with E-state index in [-0.39, 0.29) is 5.79 Å². The third kappa shape index (κ3) is 0.809. The molecular formula is C12H18O2. The Bertz CT molecular complexity index is 271. The fourth-order valence-corrected chi connectivity index (χ4v) is 3.80. The van der Waals surface area contributed by atoms with Crippen molar-refractivity contribution in [1.82, 2.24) is 0 Å². The van der Waals surface area contributed by atoms with Gasteiger partial charge in [-0.05, 0) is 56.8 Å². The summed E-state index contributed by atoms with van der Waals surface area (Å²) in [7, 11) is 0. The van der Waals surface area contributed by atoms with Crippen LogP contribution in [0.3, 0.4) is 0 Å². The third-order valence-electron chi connectivity index (χ3n) is 4.79. The lowest BCUT2D eigenvalue weighted by Gasteiger charge is -2.23. The molecule has 2 nitrogen and oxygen atoms in total. The topological polar surface area (TPSA) is 18.5 Å². The molecule has 1 saturated heterocycles. The van der Waals surface area contributed by atoms with Crippen LogP contribution in [-0.2, 0) is 9.47 Å². The second-order valence-electron chi connectivity index (χ2n) is 6.38. The first-order chi connectivity index (χ1) is 6.56. The molecule has 0 aromatic carbocycles. The molecule has 2 heteroatoms. The Kier molecular flexibility index (Phi) is 1.11. The number of hydrogen-bond acceptors (Lipinski definition) is 2. The maximum atomic E-state index is 6.10. The van der Waals surface area contributed by atoms with Gasteiger partial charge in [0.1, 0.15) is 0 Å². The van der Waals surface area contributed by atoms with Crippen molar-refractivity contribution in [2.45, 2.75) is 63.9 Å². The van der Waals surface area contributed by atoms with Crippen LogP contribution in [0.2, 0.25) is 0 Å². The molecule has 14 heavy (non-hydrogen) atoms. The predicted molar refractivity (Wildman–Crippen MR) is 51.8 cm³/mol. The normalized spacial score (nSPS) is 48.4. The minimum atomic E-state index is -0.319. The van der Waals surface area contributed by atoms with Gasteiger partial charge in [-0.25, -0.2) is 0 Å². The van der Waals surface area contributed by atoms with Crippen molar-refractivity contribution in [3.05, 3.63) is 0 Å². The minimum absolute atomic E-state index is 0.319. The Morgan fingerprint density at radius 2 is 1.29 bits per heavy atom. The molecule has 1 aliphatic heterocycles. The van der Waals surface area contributed by atoms with Gasteiger partial charge >= 0.3 is 0 Å². The molecule has 0 aromatic rings. The summed E-state index contributed by atoms with van der Waals surface area (Å²) in [5.41, 5.74) is 1.10. The lowest BCUT2D eigenvalue weighted by molar-refractivity contribution is -0.165. The van der Waals surface area contributed by atoms with Crippen LogP contribution >= 0.6 is 0 Å². The fourth-order valence-electron chi connectivity index (χ4n) is 3.80. The predicted octanol–water partition coefficient (Wildman–Crippen LogP) is 2.47. The molecule has 2 unspecified atom stereocenters. The molecule has 3 aliphatic carbocycles. The Morgan fingerprint density at radius 1 is 0.857 bits per heavy atom. The van der Waals surface area contributed by atoms with E-state index >= 15 is 0 Å². The summed E-state index contributed by atoms with van der Waals surface area (Å²) in [4.78, 5) is 0. The average Bonchev–Trinajstić information content (AvgIpc) is 2.96. The van der Waals surface area contributed by atoms with Gasteiger partial charge in [-0.15, -0.1) is 0 Å². The maximum Gasteiger partial charge on any atom is 0.163 e. The molecule has 1 heterocycles. The SMILES string of the molecule is CC1(C)OC2C(O1)C1(CC1)CC21CC1. The first kappa shape index (κ1) is 8.12. The Hall–Kier alpha value is -0.0800. The lowest BCUT2D eigenvalue weighted by atomic mass is 10.00. The molecule has 4 aliphatic rings. The summed E-state index contributed by atoms with van der Waals surface area (Å²) in [5.74, 6) is -0.319. The number of fused-ring (bicyclic) bond motifs is 3. The number of rotatable bonds is 0. The van der Waals surface area contributed by atoms with E-state index in [0.717, 1.165) is 0 Å². The molecule has 0 aromatic heterocycles. The first-order valence-corrected chi connectivity index (χ1v) is 5.91. The van der Waals surface area contributed by atoms with E-state index in [2.05, 4.69) is 13.8 Å². The average molecular weight is 194 g/mol. The summed E-state index contributed by atoms with van der Waals surface area (Å²) in [6.45, 7) is 4.13. The van der Waals surface area contributed by atoms with Gasteiger partial charge in [-0.1, -0.05) is 0 Å². The molecule has 4 fully saturated rings. The van der Waals surface area contributed by atoms with E-state index in [9.17, 15) is 0 Å². The lowest BCUT2D eigenvalue weighted by Crippen LogP contribution is -2.26. The van der Waals surface area contributed by atoms with E-state index in [0.29, 0.717) is 23.0 Å². The van der Waals surface area contributed by atoms with E-state index in [1.54, 1.807) is 0 Å². The van der Waals surface area contributed by atoms with Gasteiger partial charge in [0.2, 0.25) is 0 Å². The van der Waals surface area contributed by atoms with E-state index in [1.165, 1.54) is 32.1 Å². The zero-order valence-corrected chi connectivity index (χ0v) is 9.01. The molecule has 0 amide bonds. The molecule has 2 spiro atoms. The second-order valence-corrected chi connectivity index (χ2v) is 6.38. The molecule has 4 rings (SSSR count). The van der Waals surface area contributed by atoms with Gasteiger partial charge in [0.15, 0.2) is 5.79 Å². The summed E-state index contributed by atoms with van der Waals surface area (Å²) >= 11 is 0. The summed E-state index contributed by atoms with van der Waals surface area (Å²) in [6.07, 6.45) is 7.79. The number of hydrogen-bond donors (Lipinski definition) is 0. The van der Waals surface area contributed by atoms with E-state index in [1.807, 2.05) is 0 Å². The van der Waals surface area contributed by atoms with Crippen LogP contribution in [0.4, 0.5) is 0 Å². The summed E-state index contributed by atoms with van der Waals surface area (Å²) in [5, 5.41) is 0. The largest absolute Gasteiger partial charge is 0.344 e. The van der Waals surface area contributed by atoms with Gasteiger partial charge in [0.25, 0.3) is 0 Å². The van der Waals surface area contributed by atoms with Crippen molar-refractivity contribution >= 4 is 0 Å². The van der Waals surface area contributed by atoms with Crippen molar-refractivity contribution in [3.63, 3.8) is 0 Å². The Morgan fingerprint density at radius 3 is 1.64 bits per heavy atom. The van der Waals surface area contributed by atoms with Crippen molar-refractivity contribution in [2.75, 3.05) is 0 Å². The monoisotopic (exact) mass is 194 g/mol. The van der Waals surface area contributed by atoms with Gasteiger partial charge < -0.3 is 9.47 Å². The number of ether oxygens (including phenoxy) is 2. The molecule has 78 valence electrons. The van der Waals surface area contributed by atoms with Crippen molar-refractivity contribution < 1.29 is 9.47 Å². The van der Waals surface area contributed by atoms with Crippen LogP contribution in [0.15, 0.2) is 0 Å². The quantitative estimate of drug-likeness (QED) is 0.589. The van der Waals surface area contributed by atoms with Crippen molar-refractivity contribution in [3.8, 4) is 0 Å². The van der Waals surface area contributed by atoms with E-state index in [4.69, 9.17) is 9.47 Å². The van der Waals surface area contributed by atoms with Gasteiger partial charge in [0, 0.05) is 0 Å². The van der Waals surface area contributed by atoms with E-state index < -0.39 is 0 Å². The highest BCUT2D eigenvalue weighted by Crippen LogP contribution is 2.74. The van der Waals surface area contributed by atoms with Crippen LogP contribution in [-0.4, -0.2) is 18.0 Å². The van der Waals surface area contributed by atoms with Gasteiger partial charge in [-0.2, -0.15) is 0 Å². The Balaban J connectivity index is 1.74. The second kappa shape index (κ2) is 1.92. The van der Waals surface area contributed by atoms with Crippen molar-refractivity contribution in [1.29, 1.82) is 0 Å². The van der Waals surface area contributed by atoms with Crippen molar-refractivity contribution in [2.24, 2.45) is 10.8 Å². The minimum Gasteiger partial charge on any atom is -0.344 e. The standard InChI is InChI=1S/C12H18O2/c1-10(2)13-8-9(14-10)12(5-6-12)7-11(8)3-4-11/h8-9H,3-7H2,1-2H3. The fraction of sp³-hybridized carbons (Fsp3) is 1.00. The van der Waals surface area contributed by atoms with Crippen LogP contribution in [0.5, 0.6) is 0 Å². The van der Waals surface area contributed by atoms with Gasteiger partial charge in [0.05, 0.1) is 12.2 Å². The van der Waals surface area contributed by atoms with Crippen LogP contribution < -0.4 is 0 Å². The molecule has 0 N–H and O–H groups in total. The Labute approximate surface area is 85.0 Å². The molecule has 3 saturated carbocycles. The first-order valence-electron chi connectivity index (χ1n) is 5.91. The molecular weight excluding hydrogens is 176 g/mol. The molecule has 0 bridgehead atoms. The van der Waals surface area contributed by atoms with Crippen LogP contribution in [0.25, 0.3) is 0 Å². The highest BCUT2D eigenvalue weighted by molar-refractivity contribution is 5.22. The summed E-state index contributed by atoms with van der Waals surface area (Å²) < 4.78 is 12.2. The third-order valence-corrected chi connectivity index (χ3v) is 4.79. The summed E-state index contributed by atoms with van der Waals surface area (Å²) in [6, 6.07) is 0.